The second kappa shape index (κ2) is 4.85. The van der Waals surface area contributed by atoms with Gasteiger partial charge < -0.3 is 4.52 Å². The lowest BCUT2D eigenvalue weighted by Crippen LogP contribution is -1.91. The molecule has 0 unspecified atom stereocenters. The first kappa shape index (κ1) is 11.9. The summed E-state index contributed by atoms with van der Waals surface area (Å²) in [6.45, 7) is 1.89. The van der Waals surface area contributed by atoms with Gasteiger partial charge in [0.1, 0.15) is 11.8 Å². The monoisotopic (exact) mass is 264 g/mol. The topological polar surface area (TPSA) is 101 Å². The fourth-order valence-corrected chi connectivity index (χ4v) is 1.51. The minimum absolute atomic E-state index is 0.258. The molecule has 0 spiro atoms. The number of nitriles is 1. The van der Waals surface area contributed by atoms with Crippen molar-refractivity contribution < 1.29 is 4.52 Å². The molecule has 0 aliphatic carbocycles. The van der Waals surface area contributed by atoms with E-state index in [1.165, 1.54) is 6.20 Å². The first-order valence-electron chi connectivity index (χ1n) is 5.75. The molecule has 0 N–H and O–H groups in total. The summed E-state index contributed by atoms with van der Waals surface area (Å²) in [7, 11) is 0. The van der Waals surface area contributed by atoms with E-state index in [9.17, 15) is 0 Å². The first-order chi connectivity index (χ1) is 9.76. The Bertz CT molecular complexity index is 770. The van der Waals surface area contributed by atoms with Crippen LogP contribution >= 0.6 is 0 Å². The summed E-state index contributed by atoms with van der Waals surface area (Å²) in [5, 5.41) is 12.5. The number of aromatic nitrogens is 5. The molecule has 20 heavy (non-hydrogen) atoms. The van der Waals surface area contributed by atoms with Gasteiger partial charge in [-0.1, -0.05) is 5.16 Å². The molecule has 0 atom stereocenters. The predicted molar refractivity (Wildman–Crippen MR) is 68.0 cm³/mol. The van der Waals surface area contributed by atoms with Crippen LogP contribution in [-0.2, 0) is 0 Å². The van der Waals surface area contributed by atoms with E-state index < -0.39 is 0 Å². The molecule has 0 fully saturated rings. The lowest BCUT2D eigenvalue weighted by Gasteiger charge is -1.93. The highest BCUT2D eigenvalue weighted by Crippen LogP contribution is 2.18. The zero-order valence-electron chi connectivity index (χ0n) is 10.5. The third-order valence-corrected chi connectivity index (χ3v) is 2.52. The maximum Gasteiger partial charge on any atom is 0.276 e. The summed E-state index contributed by atoms with van der Waals surface area (Å²) < 4.78 is 5.12. The van der Waals surface area contributed by atoms with Gasteiger partial charge in [0.2, 0.25) is 11.6 Å². The van der Waals surface area contributed by atoms with E-state index in [0.717, 1.165) is 5.56 Å². The molecule has 3 aromatic rings. The van der Waals surface area contributed by atoms with Crippen molar-refractivity contribution >= 4 is 0 Å². The summed E-state index contributed by atoms with van der Waals surface area (Å²) in [6, 6.07) is 5.27. The van der Waals surface area contributed by atoms with Crippen LogP contribution in [-0.4, -0.2) is 25.1 Å². The summed E-state index contributed by atoms with van der Waals surface area (Å²) >= 11 is 0. The molecule has 7 nitrogen and oxygen atoms in total. The second-order valence-corrected chi connectivity index (χ2v) is 4.05. The Kier molecular flexibility index (Phi) is 2.89. The molecule has 96 valence electrons. The predicted octanol–water partition coefficient (Wildman–Crippen LogP) is 1.77. The van der Waals surface area contributed by atoms with Gasteiger partial charge in [0.15, 0.2) is 0 Å². The third kappa shape index (κ3) is 2.22. The lowest BCUT2D eigenvalue weighted by atomic mass is 10.3. The molecular formula is C13H8N6O. The van der Waals surface area contributed by atoms with Gasteiger partial charge in [-0.2, -0.15) is 10.2 Å². The van der Waals surface area contributed by atoms with E-state index in [4.69, 9.17) is 9.78 Å². The summed E-state index contributed by atoms with van der Waals surface area (Å²) in [5.74, 6) is 0.944. The highest BCUT2D eigenvalue weighted by molar-refractivity contribution is 5.52. The van der Waals surface area contributed by atoms with Crippen molar-refractivity contribution in [2.75, 3.05) is 0 Å². The maximum atomic E-state index is 8.72. The van der Waals surface area contributed by atoms with Crippen LogP contribution in [0.2, 0.25) is 0 Å². The number of pyridine rings is 1. The third-order valence-electron chi connectivity index (χ3n) is 2.52. The molecule has 0 radical (unpaired) electrons. The second-order valence-electron chi connectivity index (χ2n) is 4.05. The number of rotatable bonds is 2. The van der Waals surface area contributed by atoms with Crippen molar-refractivity contribution in [3.63, 3.8) is 0 Å². The molecule has 7 heteroatoms. The molecule has 0 aliphatic heterocycles. The average molecular weight is 264 g/mol. The van der Waals surface area contributed by atoms with E-state index in [0.29, 0.717) is 22.9 Å². The van der Waals surface area contributed by atoms with Crippen LogP contribution in [0.15, 0.2) is 35.2 Å². The van der Waals surface area contributed by atoms with Gasteiger partial charge >= 0.3 is 0 Å². The van der Waals surface area contributed by atoms with E-state index >= 15 is 0 Å². The van der Waals surface area contributed by atoms with E-state index in [-0.39, 0.29) is 5.89 Å². The fourth-order valence-electron chi connectivity index (χ4n) is 1.51. The minimum atomic E-state index is 0.258. The van der Waals surface area contributed by atoms with E-state index in [1.807, 2.05) is 13.0 Å². The fraction of sp³-hybridized carbons (Fsp3) is 0.0769. The van der Waals surface area contributed by atoms with Crippen LogP contribution < -0.4 is 0 Å². The van der Waals surface area contributed by atoms with Crippen molar-refractivity contribution in [2.45, 2.75) is 6.92 Å². The Balaban J connectivity index is 1.93. The van der Waals surface area contributed by atoms with Crippen molar-refractivity contribution in [3.8, 4) is 29.3 Å². The first-order valence-corrected chi connectivity index (χ1v) is 5.75. The van der Waals surface area contributed by atoms with Crippen molar-refractivity contribution in [1.82, 2.24) is 25.1 Å². The van der Waals surface area contributed by atoms with Crippen molar-refractivity contribution in [1.29, 1.82) is 5.26 Å². The summed E-state index contributed by atoms with van der Waals surface area (Å²) in [4.78, 5) is 16.5. The number of nitrogens with zero attached hydrogens (tertiary/aromatic N) is 6. The Hall–Kier alpha value is -3.14. The Morgan fingerprint density at radius 2 is 1.85 bits per heavy atom. The normalized spacial score (nSPS) is 10.2. The van der Waals surface area contributed by atoms with Crippen LogP contribution in [0.1, 0.15) is 11.1 Å². The molecule has 0 saturated heterocycles. The van der Waals surface area contributed by atoms with Crippen LogP contribution in [0.5, 0.6) is 0 Å². The van der Waals surface area contributed by atoms with E-state index in [1.54, 1.807) is 24.5 Å². The lowest BCUT2D eigenvalue weighted by molar-refractivity contribution is 0.430. The molecule has 3 heterocycles. The zero-order chi connectivity index (χ0) is 13.9. The zero-order valence-corrected chi connectivity index (χ0v) is 10.5. The Morgan fingerprint density at radius 3 is 2.50 bits per heavy atom. The van der Waals surface area contributed by atoms with Crippen LogP contribution in [0, 0.1) is 18.3 Å². The van der Waals surface area contributed by atoms with Gasteiger partial charge in [-0.05, 0) is 24.6 Å². The number of aryl methyl sites for hydroxylation is 1. The molecule has 3 aromatic heterocycles. The van der Waals surface area contributed by atoms with Crippen molar-refractivity contribution in [3.05, 3.63) is 41.9 Å². The van der Waals surface area contributed by atoms with Gasteiger partial charge in [0.25, 0.3) is 5.89 Å². The average Bonchev–Trinajstić information content (AvgIpc) is 2.98. The molecule has 0 amide bonds. The van der Waals surface area contributed by atoms with Gasteiger partial charge in [-0.15, -0.1) is 0 Å². The molecule has 0 saturated carbocycles. The minimum Gasteiger partial charge on any atom is -0.332 e. The highest BCUT2D eigenvalue weighted by atomic mass is 16.5. The molecule has 0 aromatic carbocycles. The highest BCUT2D eigenvalue weighted by Gasteiger charge is 2.13. The van der Waals surface area contributed by atoms with Gasteiger partial charge in [-0.25, -0.2) is 15.0 Å². The van der Waals surface area contributed by atoms with Crippen LogP contribution in [0.25, 0.3) is 23.2 Å². The standard InChI is InChI=1S/C13H8N6O/c1-8-5-16-11(17-6-8)12-18-13(20-19-12)10-3-2-9(4-14)7-15-10/h2-3,5-7H,1H3. The van der Waals surface area contributed by atoms with Gasteiger partial charge in [0, 0.05) is 18.6 Å². The Labute approximate surface area is 114 Å². The SMILES string of the molecule is Cc1cnc(-c2noc(-c3ccc(C#N)cn3)n2)nc1. The number of hydrogen-bond acceptors (Lipinski definition) is 7. The smallest absolute Gasteiger partial charge is 0.276 e. The molecule has 0 bridgehead atoms. The Morgan fingerprint density at radius 1 is 1.05 bits per heavy atom. The summed E-state index contributed by atoms with van der Waals surface area (Å²) in [6.07, 6.45) is 4.80. The van der Waals surface area contributed by atoms with Gasteiger partial charge in [-0.3, -0.25) is 0 Å². The molecule has 0 aliphatic rings. The van der Waals surface area contributed by atoms with E-state index in [2.05, 4.69) is 25.1 Å². The molecule has 3 rings (SSSR count). The largest absolute Gasteiger partial charge is 0.332 e. The van der Waals surface area contributed by atoms with Gasteiger partial charge in [0.05, 0.1) is 5.56 Å². The van der Waals surface area contributed by atoms with Crippen molar-refractivity contribution in [2.24, 2.45) is 0 Å². The van der Waals surface area contributed by atoms with Crippen LogP contribution in [0.4, 0.5) is 0 Å². The summed E-state index contributed by atoms with van der Waals surface area (Å²) in [5.41, 5.74) is 1.91. The van der Waals surface area contributed by atoms with Crippen LogP contribution in [0.3, 0.4) is 0 Å². The quantitative estimate of drug-likeness (QED) is 0.694. The number of hydrogen-bond donors (Lipinski definition) is 0. The maximum absolute atomic E-state index is 8.72. The molecular weight excluding hydrogens is 256 g/mol.